The van der Waals surface area contributed by atoms with Crippen LogP contribution in [0.1, 0.15) is 152 Å². The van der Waals surface area contributed by atoms with E-state index in [2.05, 4.69) is 72.1 Å². The van der Waals surface area contributed by atoms with E-state index in [0.717, 1.165) is 33.5 Å². The summed E-state index contributed by atoms with van der Waals surface area (Å²) in [6.45, 7) is 24.9. The molecule has 0 spiro atoms. The Morgan fingerprint density at radius 3 is 1.15 bits per heavy atom. The first-order chi connectivity index (χ1) is 15.3. The molecule has 0 unspecified atom stereocenters. The lowest BCUT2D eigenvalue weighted by Gasteiger charge is -1.96. The number of rotatable bonds is 6. The molecule has 0 saturated carbocycles. The van der Waals surface area contributed by atoms with Gasteiger partial charge in [0.25, 0.3) is 0 Å². The summed E-state index contributed by atoms with van der Waals surface area (Å²) in [5, 5.41) is 22.2. The molecule has 186 valence electrons. The van der Waals surface area contributed by atoms with Crippen molar-refractivity contribution in [2.45, 2.75) is 119 Å². The summed E-state index contributed by atoms with van der Waals surface area (Å²) in [6, 6.07) is 0. The highest BCUT2D eigenvalue weighted by atomic mass is 32.1. The van der Waals surface area contributed by atoms with Crippen LogP contribution in [0.2, 0.25) is 0 Å². The van der Waals surface area contributed by atoms with Crippen molar-refractivity contribution in [1.29, 1.82) is 0 Å². The van der Waals surface area contributed by atoms with E-state index in [9.17, 15) is 0 Å². The van der Waals surface area contributed by atoms with Gasteiger partial charge in [0, 0.05) is 35.5 Å². The number of nitrogens with zero attached hydrogens (tertiary/aromatic N) is 6. The van der Waals surface area contributed by atoms with Gasteiger partial charge in [0.2, 0.25) is 17.7 Å². The average molecular weight is 479 g/mol. The summed E-state index contributed by atoms with van der Waals surface area (Å²) < 4.78 is 10.4. The largest absolute Gasteiger partial charge is 0.425 e. The lowest BCUT2D eigenvalue weighted by molar-refractivity contribution is 0.359. The molecular formula is C24H42N6O2S. The third kappa shape index (κ3) is 9.70. The molecule has 0 aliphatic carbocycles. The van der Waals surface area contributed by atoms with Crippen molar-refractivity contribution >= 4 is 11.3 Å². The van der Waals surface area contributed by atoms with Crippen LogP contribution in [0.15, 0.2) is 8.94 Å². The Kier molecular flexibility index (Phi) is 11.8. The molecule has 0 N–H and O–H groups in total. The molecule has 3 aromatic rings. The SMILES string of the molecule is CC(C)c1nnc(C(C)C)o1.CC(C)c1nnc(C(C)C)s1.CC(C)c1noc(C(C)C)n1. The highest BCUT2D eigenvalue weighted by Crippen LogP contribution is 2.23. The maximum atomic E-state index is 5.38. The second-order valence-corrected chi connectivity index (χ2v) is 10.9. The van der Waals surface area contributed by atoms with E-state index in [4.69, 9.17) is 8.94 Å². The Hall–Kier alpha value is -2.16. The summed E-state index contributed by atoms with van der Waals surface area (Å²) in [5.74, 6) is 5.36. The van der Waals surface area contributed by atoms with E-state index in [1.54, 1.807) is 11.3 Å². The monoisotopic (exact) mass is 478 g/mol. The van der Waals surface area contributed by atoms with E-state index < -0.39 is 0 Å². The van der Waals surface area contributed by atoms with Crippen molar-refractivity contribution < 1.29 is 8.94 Å². The Morgan fingerprint density at radius 2 is 0.939 bits per heavy atom. The molecule has 0 bridgehead atoms. The van der Waals surface area contributed by atoms with Gasteiger partial charge < -0.3 is 8.94 Å². The first-order valence-electron chi connectivity index (χ1n) is 11.8. The Labute approximate surface area is 203 Å². The lowest BCUT2D eigenvalue weighted by Crippen LogP contribution is -1.91. The van der Waals surface area contributed by atoms with Crippen LogP contribution in [0.25, 0.3) is 0 Å². The van der Waals surface area contributed by atoms with Gasteiger partial charge >= 0.3 is 0 Å². The summed E-state index contributed by atoms with van der Waals surface area (Å²) in [6.07, 6.45) is 0. The molecule has 0 aromatic carbocycles. The first-order valence-corrected chi connectivity index (χ1v) is 12.6. The van der Waals surface area contributed by atoms with Crippen LogP contribution in [0.5, 0.6) is 0 Å². The van der Waals surface area contributed by atoms with E-state index in [1.807, 2.05) is 41.5 Å². The third-order valence-electron chi connectivity index (χ3n) is 4.36. The van der Waals surface area contributed by atoms with Crippen LogP contribution in [-0.4, -0.2) is 30.5 Å². The molecule has 0 radical (unpaired) electrons. The van der Waals surface area contributed by atoms with Crippen molar-refractivity contribution in [2.75, 3.05) is 0 Å². The summed E-state index contributed by atoms with van der Waals surface area (Å²) in [7, 11) is 0. The fraction of sp³-hybridized carbons (Fsp3) is 0.750. The van der Waals surface area contributed by atoms with Gasteiger partial charge in [-0.05, 0) is 0 Å². The molecule has 0 aliphatic heterocycles. The quantitative estimate of drug-likeness (QED) is 0.360. The molecule has 3 heterocycles. The molecule has 0 fully saturated rings. The molecule has 9 heteroatoms. The second kappa shape index (κ2) is 13.5. The molecular weight excluding hydrogens is 436 g/mol. The highest BCUT2D eigenvalue weighted by molar-refractivity contribution is 7.11. The van der Waals surface area contributed by atoms with Crippen LogP contribution in [0, 0.1) is 0 Å². The number of aromatic nitrogens is 6. The van der Waals surface area contributed by atoms with Crippen LogP contribution in [0.4, 0.5) is 0 Å². The van der Waals surface area contributed by atoms with E-state index >= 15 is 0 Å². The van der Waals surface area contributed by atoms with Crippen molar-refractivity contribution in [3.63, 3.8) is 0 Å². The zero-order valence-corrected chi connectivity index (χ0v) is 23.2. The van der Waals surface area contributed by atoms with Gasteiger partial charge in [-0.2, -0.15) is 4.98 Å². The van der Waals surface area contributed by atoms with Crippen molar-refractivity contribution in [1.82, 2.24) is 30.5 Å². The van der Waals surface area contributed by atoms with Gasteiger partial charge in [0.05, 0.1) is 0 Å². The molecule has 8 nitrogen and oxygen atoms in total. The maximum absolute atomic E-state index is 5.38. The van der Waals surface area contributed by atoms with Gasteiger partial charge in [-0.1, -0.05) is 88.2 Å². The zero-order valence-electron chi connectivity index (χ0n) is 22.4. The van der Waals surface area contributed by atoms with Crippen LogP contribution in [0.3, 0.4) is 0 Å². The van der Waals surface area contributed by atoms with Gasteiger partial charge in [-0.3, -0.25) is 0 Å². The molecule has 3 rings (SSSR count). The van der Waals surface area contributed by atoms with E-state index in [-0.39, 0.29) is 0 Å². The minimum absolute atomic E-state index is 0.329. The Bertz CT molecular complexity index is 738. The number of hydrogen-bond acceptors (Lipinski definition) is 9. The Balaban J connectivity index is 0.000000247. The second-order valence-electron chi connectivity index (χ2n) is 9.88. The highest BCUT2D eigenvalue weighted by Gasteiger charge is 2.12. The molecule has 0 atom stereocenters. The maximum Gasteiger partial charge on any atom is 0.229 e. The minimum atomic E-state index is 0.329. The molecule has 0 aliphatic rings. The predicted octanol–water partition coefficient (Wildman–Crippen LogP) is 7.42. The molecule has 0 saturated heterocycles. The zero-order chi connectivity index (χ0) is 25.3. The summed E-state index contributed by atoms with van der Waals surface area (Å²) >= 11 is 1.73. The van der Waals surface area contributed by atoms with Crippen molar-refractivity contribution in [3.8, 4) is 0 Å². The standard InChI is InChI=1S/2C8H14N2O.C8H14N2S/c1-5(2)7-9-10-8(11-7)6(3)4;1-5(2)7-9-8(6(3)4)11-10-7;1-5(2)7-9-10-8(11-7)6(3)4/h3*5-6H,1-4H3. The van der Waals surface area contributed by atoms with Crippen LogP contribution in [-0.2, 0) is 0 Å². The lowest BCUT2D eigenvalue weighted by atomic mass is 10.2. The molecule has 3 aromatic heterocycles. The fourth-order valence-corrected chi connectivity index (χ4v) is 2.99. The normalized spacial score (nSPS) is 11.5. The number of hydrogen-bond donors (Lipinski definition) is 0. The van der Waals surface area contributed by atoms with E-state index in [1.165, 1.54) is 0 Å². The third-order valence-corrected chi connectivity index (χ3v) is 5.88. The van der Waals surface area contributed by atoms with Gasteiger partial charge in [0.1, 0.15) is 10.0 Å². The summed E-state index contributed by atoms with van der Waals surface area (Å²) in [4.78, 5) is 4.23. The van der Waals surface area contributed by atoms with E-state index in [0.29, 0.717) is 35.5 Å². The summed E-state index contributed by atoms with van der Waals surface area (Å²) in [5.41, 5.74) is 0. The molecule has 33 heavy (non-hydrogen) atoms. The molecule has 0 amide bonds. The average Bonchev–Trinajstić information content (AvgIpc) is 3.49. The first kappa shape index (κ1) is 28.9. The van der Waals surface area contributed by atoms with Gasteiger partial charge in [-0.25, -0.2) is 0 Å². The Morgan fingerprint density at radius 1 is 0.515 bits per heavy atom. The minimum Gasteiger partial charge on any atom is -0.425 e. The van der Waals surface area contributed by atoms with Crippen molar-refractivity contribution in [3.05, 3.63) is 33.5 Å². The van der Waals surface area contributed by atoms with Crippen LogP contribution < -0.4 is 0 Å². The smallest absolute Gasteiger partial charge is 0.229 e. The van der Waals surface area contributed by atoms with Gasteiger partial charge in [0.15, 0.2) is 5.82 Å². The van der Waals surface area contributed by atoms with Crippen LogP contribution >= 0.6 is 11.3 Å². The predicted molar refractivity (Wildman–Crippen MR) is 133 cm³/mol. The van der Waals surface area contributed by atoms with Gasteiger partial charge in [-0.15, -0.1) is 31.7 Å². The fourth-order valence-electron chi connectivity index (χ4n) is 2.14. The topological polar surface area (TPSA) is 104 Å². The van der Waals surface area contributed by atoms with Crippen molar-refractivity contribution in [2.24, 2.45) is 0 Å².